The van der Waals surface area contributed by atoms with Crippen molar-refractivity contribution < 1.29 is 14.2 Å². The van der Waals surface area contributed by atoms with E-state index in [1.54, 1.807) is 0 Å². The average Bonchev–Trinajstić information content (AvgIpc) is 2.38. The summed E-state index contributed by atoms with van der Waals surface area (Å²) in [5, 5.41) is 10.8. The van der Waals surface area contributed by atoms with Crippen molar-refractivity contribution in [3.8, 4) is 0 Å². The Bertz CT molecular complexity index is 217. The van der Waals surface area contributed by atoms with Crippen LogP contribution >= 0.6 is 9.12 Å². The van der Waals surface area contributed by atoms with Crippen molar-refractivity contribution in [3.63, 3.8) is 0 Å². The van der Waals surface area contributed by atoms with Crippen molar-refractivity contribution >= 4 is 21.3 Å². The molecule has 0 bridgehead atoms. The van der Waals surface area contributed by atoms with Gasteiger partial charge in [-0.1, -0.05) is 54.8 Å². The van der Waals surface area contributed by atoms with Crippen LogP contribution in [-0.2, 0) is 14.2 Å². The molecule has 1 atom stereocenters. The fourth-order valence-electron chi connectivity index (χ4n) is 0.385. The number of carbonyl (C=O) groups excluding carboxylic acids is 2. The molecule has 0 fully saturated rings. The molecular weight excluding hydrogens is 227 g/mol. The van der Waals surface area contributed by atoms with E-state index < -0.39 is 0 Å². The Hall–Kier alpha value is -1.92. The predicted octanol–water partition coefficient (Wildman–Crippen LogP) is 2.72. The molecule has 5 nitrogen and oxygen atoms in total. The van der Waals surface area contributed by atoms with Gasteiger partial charge in [0.1, 0.15) is 0 Å². The minimum absolute atomic E-state index is 0.750. The third kappa shape index (κ3) is 89.1. The van der Waals surface area contributed by atoms with Crippen LogP contribution in [-0.4, -0.2) is 12.2 Å². The topological polar surface area (TPSA) is 98.9 Å². The Morgan fingerprint density at radius 3 is 0.875 bits per heavy atom. The molecular formula is C10H16N2O3P+. The summed E-state index contributed by atoms with van der Waals surface area (Å²) >= 11 is 0. The quantitative estimate of drug-likeness (QED) is 0.416. The minimum Gasteiger partial charge on any atom is -0.222 e. The van der Waals surface area contributed by atoms with Crippen molar-refractivity contribution in [3.05, 3.63) is 36.4 Å². The number of hydrogen-bond acceptors (Lipinski definition) is 5. The monoisotopic (exact) mass is 243 g/mol. The van der Waals surface area contributed by atoms with Gasteiger partial charge in [0.05, 0.1) is 0 Å². The summed E-state index contributed by atoms with van der Waals surface area (Å²) in [5.74, 6) is 0. The largest absolute Gasteiger partial charge is 0.310 e. The number of hydrogen-bond donors (Lipinski definition) is 2. The first-order valence-corrected chi connectivity index (χ1v) is 4.62. The van der Waals surface area contributed by atoms with Gasteiger partial charge in [-0.3, -0.25) is 0 Å². The fourth-order valence-corrected chi connectivity index (χ4v) is 0.385. The highest BCUT2D eigenvalue weighted by Gasteiger charge is 1.57. The second-order valence-corrected chi connectivity index (χ2v) is 1.36. The first-order chi connectivity index (χ1) is 7.83. The summed E-state index contributed by atoms with van der Waals surface area (Å²) in [6.07, 6.45) is 1.50. The number of isocyanates is 2. The molecule has 0 heterocycles. The van der Waals surface area contributed by atoms with Crippen LogP contribution in [0.15, 0.2) is 36.4 Å². The molecule has 88 valence electrons. The Balaban J connectivity index is -0.0000000630. The van der Waals surface area contributed by atoms with Gasteiger partial charge in [0.15, 0.2) is 0 Å². The Labute approximate surface area is 97.1 Å². The Morgan fingerprint density at radius 2 is 0.812 bits per heavy atom. The van der Waals surface area contributed by atoms with E-state index in [2.05, 4.69) is 0 Å². The summed E-state index contributed by atoms with van der Waals surface area (Å²) in [5.41, 5.74) is 0. The van der Waals surface area contributed by atoms with Crippen LogP contribution in [0.5, 0.6) is 0 Å². The lowest BCUT2D eigenvalue weighted by atomic mass is 10.4. The molecule has 1 aromatic carbocycles. The molecule has 1 unspecified atom stereocenters. The van der Waals surface area contributed by atoms with Gasteiger partial charge in [0, 0.05) is 0 Å². The zero-order valence-corrected chi connectivity index (χ0v) is 10.4. The zero-order valence-electron chi connectivity index (χ0n) is 9.27. The lowest BCUT2D eigenvalue weighted by Gasteiger charge is -1.69. The highest BCUT2D eigenvalue weighted by atomic mass is 31.0. The first kappa shape index (κ1) is 23.7. The van der Waals surface area contributed by atoms with Gasteiger partial charge in [0.2, 0.25) is 12.2 Å². The summed E-state index contributed by atoms with van der Waals surface area (Å²) < 4.78 is 8.17. The summed E-state index contributed by atoms with van der Waals surface area (Å²) in [6.45, 7) is 4.00. The zero-order chi connectivity index (χ0) is 13.7. The normalized spacial score (nSPS) is 4.62. The van der Waals surface area contributed by atoms with Crippen LogP contribution in [0.25, 0.3) is 0 Å². The second kappa shape index (κ2) is 51.6. The number of benzene rings is 1. The van der Waals surface area contributed by atoms with Crippen LogP contribution in [0.3, 0.4) is 0 Å². The molecule has 0 radical (unpaired) electrons. The van der Waals surface area contributed by atoms with Gasteiger partial charge in [-0.15, -0.1) is 0 Å². The molecule has 0 aliphatic rings. The van der Waals surface area contributed by atoms with Gasteiger partial charge in [0.25, 0.3) is 0 Å². The lowest BCUT2D eigenvalue weighted by molar-refractivity contribution is 0.562. The van der Waals surface area contributed by atoms with E-state index in [-0.39, 0.29) is 0 Å². The van der Waals surface area contributed by atoms with E-state index in [0.717, 1.165) is 12.2 Å². The SMILES string of the molecule is CC.N=C=O.N=C=O.O=[PH2+].c1ccccc1. The summed E-state index contributed by atoms with van der Waals surface area (Å²) in [6, 6.07) is 12.0. The van der Waals surface area contributed by atoms with Gasteiger partial charge < -0.3 is 0 Å². The maximum Gasteiger partial charge on any atom is 0.310 e. The van der Waals surface area contributed by atoms with E-state index in [4.69, 9.17) is 25.0 Å². The van der Waals surface area contributed by atoms with Crippen LogP contribution in [0.2, 0.25) is 0 Å². The number of rotatable bonds is 0. The maximum absolute atomic E-state index is 8.35. The van der Waals surface area contributed by atoms with Gasteiger partial charge in [-0.2, -0.15) is 0 Å². The molecule has 0 aliphatic heterocycles. The van der Waals surface area contributed by atoms with Crippen molar-refractivity contribution in [2.24, 2.45) is 0 Å². The van der Waals surface area contributed by atoms with E-state index in [0.29, 0.717) is 0 Å². The van der Waals surface area contributed by atoms with E-state index in [1.165, 1.54) is 9.12 Å². The summed E-state index contributed by atoms with van der Waals surface area (Å²) in [7, 11) is 1.17. The van der Waals surface area contributed by atoms with Gasteiger partial charge in [-0.05, 0) is 0 Å². The van der Waals surface area contributed by atoms with Crippen molar-refractivity contribution in [1.82, 2.24) is 0 Å². The molecule has 2 N–H and O–H groups in total. The average molecular weight is 243 g/mol. The van der Waals surface area contributed by atoms with E-state index in [1.807, 2.05) is 50.2 Å². The second-order valence-electron chi connectivity index (χ2n) is 1.36. The first-order valence-electron chi connectivity index (χ1n) is 4.14. The van der Waals surface area contributed by atoms with Gasteiger partial charge >= 0.3 is 9.12 Å². The molecule has 1 rings (SSSR count). The molecule has 0 saturated carbocycles. The molecule has 0 saturated heterocycles. The van der Waals surface area contributed by atoms with Crippen LogP contribution < -0.4 is 0 Å². The van der Waals surface area contributed by atoms with Crippen molar-refractivity contribution in [2.75, 3.05) is 0 Å². The van der Waals surface area contributed by atoms with Gasteiger partial charge in [-0.25, -0.2) is 20.4 Å². The smallest absolute Gasteiger partial charge is 0.222 e. The van der Waals surface area contributed by atoms with Crippen molar-refractivity contribution in [2.45, 2.75) is 13.8 Å². The third-order valence-electron chi connectivity index (χ3n) is 0.667. The highest BCUT2D eigenvalue weighted by molar-refractivity contribution is 7.00. The number of nitrogens with one attached hydrogen (secondary N) is 2. The third-order valence-corrected chi connectivity index (χ3v) is 0.667. The standard InChI is InChI=1S/C6H6.C2H6.2CHNO.H2OP/c1-2-4-6-5-3-1;1-2;2*2-1-3;1-2/h1-6H;1-2H3;2*2H;2H2/q;;;;+1. The molecule has 1 aromatic rings. The molecule has 0 spiro atoms. The highest BCUT2D eigenvalue weighted by Crippen LogP contribution is 1.79. The van der Waals surface area contributed by atoms with Crippen LogP contribution in [0.1, 0.15) is 13.8 Å². The molecule has 0 amide bonds. The van der Waals surface area contributed by atoms with Crippen molar-refractivity contribution in [1.29, 1.82) is 10.8 Å². The summed E-state index contributed by atoms with van der Waals surface area (Å²) in [4.78, 5) is 16.7. The minimum atomic E-state index is 0.750. The molecule has 0 aromatic heterocycles. The Morgan fingerprint density at radius 1 is 0.750 bits per heavy atom. The maximum atomic E-state index is 8.35. The lowest BCUT2D eigenvalue weighted by Crippen LogP contribution is -1.47. The molecule has 16 heavy (non-hydrogen) atoms. The molecule has 0 aliphatic carbocycles. The fraction of sp³-hybridized carbons (Fsp3) is 0.200. The van der Waals surface area contributed by atoms with E-state index >= 15 is 0 Å². The molecule has 6 heteroatoms. The van der Waals surface area contributed by atoms with Crippen LogP contribution in [0, 0.1) is 10.8 Å². The predicted molar refractivity (Wildman–Crippen MR) is 65.0 cm³/mol. The van der Waals surface area contributed by atoms with Crippen LogP contribution in [0.4, 0.5) is 0 Å². The Kier molecular flexibility index (Phi) is 76.5. The van der Waals surface area contributed by atoms with E-state index in [9.17, 15) is 0 Å².